The van der Waals surface area contributed by atoms with Gasteiger partial charge in [0.1, 0.15) is 11.4 Å². The number of anilines is 1. The van der Waals surface area contributed by atoms with Crippen molar-refractivity contribution in [3.05, 3.63) is 42.0 Å². The topological polar surface area (TPSA) is 108 Å². The molecule has 0 bridgehead atoms. The molecule has 3 N–H and O–H groups in total. The smallest absolute Gasteiger partial charge is 0.276 e. The van der Waals surface area contributed by atoms with Gasteiger partial charge in [-0.1, -0.05) is 12.1 Å². The van der Waals surface area contributed by atoms with Gasteiger partial charge in [-0.2, -0.15) is 0 Å². The molecule has 0 saturated carbocycles. The molecule has 0 unspecified atom stereocenters. The van der Waals surface area contributed by atoms with Crippen molar-refractivity contribution in [3.63, 3.8) is 0 Å². The lowest BCUT2D eigenvalue weighted by atomic mass is 10.2. The van der Waals surface area contributed by atoms with E-state index in [9.17, 15) is 14.7 Å². The molecule has 0 radical (unpaired) electrons. The van der Waals surface area contributed by atoms with E-state index in [2.05, 4.69) is 15.3 Å². The summed E-state index contributed by atoms with van der Waals surface area (Å²) in [6.07, 6.45) is 1.30. The minimum Gasteiger partial charge on any atom is -0.506 e. The lowest BCUT2D eigenvalue weighted by Crippen LogP contribution is -2.41. The van der Waals surface area contributed by atoms with E-state index in [1.54, 1.807) is 23.1 Å². The summed E-state index contributed by atoms with van der Waals surface area (Å²) in [7, 11) is 0. The van der Waals surface area contributed by atoms with Crippen molar-refractivity contribution >= 4 is 17.5 Å². The Balaban J connectivity index is 1.78. The Morgan fingerprint density at radius 2 is 2.00 bits per heavy atom. The number of H-pyrrole nitrogens is 1. The molecule has 1 fully saturated rings. The normalized spacial score (nSPS) is 14.5. The Morgan fingerprint density at radius 1 is 1.26 bits per heavy atom. The second-order valence-corrected chi connectivity index (χ2v) is 5.00. The van der Waals surface area contributed by atoms with Crippen molar-refractivity contribution in [3.8, 4) is 5.75 Å². The number of amides is 2. The van der Waals surface area contributed by atoms with E-state index in [1.165, 1.54) is 12.4 Å². The quantitative estimate of drug-likeness (QED) is 0.727. The van der Waals surface area contributed by atoms with E-state index >= 15 is 0 Å². The van der Waals surface area contributed by atoms with Crippen molar-refractivity contribution in [1.82, 2.24) is 14.9 Å². The lowest BCUT2D eigenvalue weighted by molar-refractivity contribution is 0.0298. The van der Waals surface area contributed by atoms with Gasteiger partial charge in [0.25, 0.3) is 11.8 Å². The number of rotatable bonds is 3. The van der Waals surface area contributed by atoms with Crippen LogP contribution in [0.1, 0.15) is 21.0 Å². The number of carbonyl (C=O) groups is 2. The van der Waals surface area contributed by atoms with Crippen LogP contribution in [0.25, 0.3) is 0 Å². The molecule has 1 saturated heterocycles. The summed E-state index contributed by atoms with van der Waals surface area (Å²) in [5.41, 5.74) is 0.370. The number of hydrogen-bond donors (Lipinski definition) is 3. The van der Waals surface area contributed by atoms with Crippen LogP contribution in [0.15, 0.2) is 30.6 Å². The van der Waals surface area contributed by atoms with E-state index in [0.29, 0.717) is 26.3 Å². The van der Waals surface area contributed by atoms with Crippen molar-refractivity contribution in [2.45, 2.75) is 0 Å². The molecule has 120 valence electrons. The van der Waals surface area contributed by atoms with Gasteiger partial charge >= 0.3 is 0 Å². The Kier molecular flexibility index (Phi) is 4.24. The van der Waals surface area contributed by atoms with Gasteiger partial charge < -0.3 is 25.0 Å². The number of carbonyl (C=O) groups excluding carboxylic acids is 2. The van der Waals surface area contributed by atoms with Crippen LogP contribution in [0.2, 0.25) is 0 Å². The predicted molar refractivity (Wildman–Crippen MR) is 81.4 cm³/mol. The summed E-state index contributed by atoms with van der Waals surface area (Å²) in [6, 6.07) is 6.34. The third-order valence-electron chi connectivity index (χ3n) is 3.52. The fourth-order valence-electron chi connectivity index (χ4n) is 2.31. The minimum absolute atomic E-state index is 0.00950. The van der Waals surface area contributed by atoms with Crippen LogP contribution in [0.5, 0.6) is 5.75 Å². The zero-order chi connectivity index (χ0) is 16.2. The number of para-hydroxylation sites is 2. The zero-order valence-electron chi connectivity index (χ0n) is 12.3. The summed E-state index contributed by atoms with van der Waals surface area (Å²) in [6.45, 7) is 1.88. The molecule has 1 aromatic carbocycles. The van der Waals surface area contributed by atoms with Gasteiger partial charge in [-0.05, 0) is 12.1 Å². The molecule has 2 aromatic rings. The van der Waals surface area contributed by atoms with Gasteiger partial charge in [-0.15, -0.1) is 0 Å². The number of aromatic amines is 1. The van der Waals surface area contributed by atoms with Crippen molar-refractivity contribution < 1.29 is 19.4 Å². The van der Waals surface area contributed by atoms with Gasteiger partial charge in [0.15, 0.2) is 5.69 Å². The molecule has 0 aliphatic carbocycles. The molecule has 23 heavy (non-hydrogen) atoms. The number of benzene rings is 1. The molecule has 2 heterocycles. The standard InChI is InChI=1S/C15H16N4O4/c20-11-4-2-1-3-10(11)18-14(21)12-13(17-9-16-12)15(22)19-5-7-23-8-6-19/h1-4,9,20H,5-8H2,(H,16,17)(H,18,21). The number of nitrogens with one attached hydrogen (secondary N) is 2. The number of hydrogen-bond acceptors (Lipinski definition) is 5. The maximum absolute atomic E-state index is 12.5. The van der Waals surface area contributed by atoms with Gasteiger partial charge in [0.05, 0.1) is 25.2 Å². The van der Waals surface area contributed by atoms with Crippen molar-refractivity contribution in [1.29, 1.82) is 0 Å². The summed E-state index contributed by atoms with van der Waals surface area (Å²) in [4.78, 5) is 33.1. The second kappa shape index (κ2) is 6.49. The number of phenols is 1. The number of imidazole rings is 1. The highest BCUT2D eigenvalue weighted by atomic mass is 16.5. The van der Waals surface area contributed by atoms with Crippen LogP contribution < -0.4 is 5.32 Å². The second-order valence-electron chi connectivity index (χ2n) is 5.00. The van der Waals surface area contributed by atoms with Gasteiger partial charge in [-0.25, -0.2) is 4.98 Å². The zero-order valence-corrected chi connectivity index (χ0v) is 12.3. The summed E-state index contributed by atoms with van der Waals surface area (Å²) in [5, 5.41) is 12.3. The van der Waals surface area contributed by atoms with Crippen LogP contribution in [-0.4, -0.2) is 58.1 Å². The summed E-state index contributed by atoms with van der Waals surface area (Å²) in [5.74, 6) is -0.921. The number of phenolic OH excluding ortho intramolecular Hbond substituents is 1. The molecule has 8 heteroatoms. The molecular formula is C15H16N4O4. The lowest BCUT2D eigenvalue weighted by Gasteiger charge is -2.26. The SMILES string of the molecule is O=C(Nc1ccccc1O)c1nc[nH]c1C(=O)N1CCOCC1. The highest BCUT2D eigenvalue weighted by Gasteiger charge is 2.26. The predicted octanol–water partition coefficient (Wildman–Crippen LogP) is 0.840. The molecular weight excluding hydrogens is 300 g/mol. The molecule has 1 aliphatic heterocycles. The molecule has 0 spiro atoms. The number of morpholine rings is 1. The molecule has 8 nitrogen and oxygen atoms in total. The van der Waals surface area contributed by atoms with E-state index in [1.807, 2.05) is 0 Å². The maximum atomic E-state index is 12.5. The first-order valence-corrected chi connectivity index (χ1v) is 7.16. The summed E-state index contributed by atoms with van der Waals surface area (Å²) >= 11 is 0. The number of nitrogens with zero attached hydrogens (tertiary/aromatic N) is 2. The molecule has 1 aromatic heterocycles. The van der Waals surface area contributed by atoms with Crippen LogP contribution >= 0.6 is 0 Å². The van der Waals surface area contributed by atoms with Gasteiger partial charge in [0, 0.05) is 13.1 Å². The van der Waals surface area contributed by atoms with E-state index in [4.69, 9.17) is 4.74 Å². The fourth-order valence-corrected chi connectivity index (χ4v) is 2.31. The largest absolute Gasteiger partial charge is 0.506 e. The van der Waals surface area contributed by atoms with Crippen LogP contribution in [-0.2, 0) is 4.74 Å². The number of aromatic nitrogens is 2. The highest BCUT2D eigenvalue weighted by molar-refractivity contribution is 6.10. The fraction of sp³-hybridized carbons (Fsp3) is 0.267. The first-order chi connectivity index (χ1) is 11.2. The Labute approximate surface area is 132 Å². The molecule has 0 atom stereocenters. The molecule has 1 aliphatic rings. The van der Waals surface area contributed by atoms with Gasteiger partial charge in [-0.3, -0.25) is 9.59 Å². The third kappa shape index (κ3) is 3.16. The van der Waals surface area contributed by atoms with Crippen molar-refractivity contribution in [2.75, 3.05) is 31.6 Å². The van der Waals surface area contributed by atoms with Crippen LogP contribution in [0.4, 0.5) is 5.69 Å². The van der Waals surface area contributed by atoms with E-state index < -0.39 is 5.91 Å². The van der Waals surface area contributed by atoms with Gasteiger partial charge in [0.2, 0.25) is 0 Å². The maximum Gasteiger partial charge on any atom is 0.276 e. The average Bonchev–Trinajstić information content (AvgIpc) is 3.07. The minimum atomic E-state index is -0.565. The monoisotopic (exact) mass is 316 g/mol. The Morgan fingerprint density at radius 3 is 2.74 bits per heavy atom. The summed E-state index contributed by atoms with van der Waals surface area (Å²) < 4.78 is 5.21. The highest BCUT2D eigenvalue weighted by Crippen LogP contribution is 2.22. The van der Waals surface area contributed by atoms with Crippen LogP contribution in [0, 0.1) is 0 Å². The van der Waals surface area contributed by atoms with E-state index in [0.717, 1.165) is 0 Å². The first-order valence-electron chi connectivity index (χ1n) is 7.16. The third-order valence-corrected chi connectivity index (χ3v) is 3.52. The number of ether oxygens (including phenoxy) is 1. The van der Waals surface area contributed by atoms with Crippen LogP contribution in [0.3, 0.4) is 0 Å². The van der Waals surface area contributed by atoms with Crippen molar-refractivity contribution in [2.24, 2.45) is 0 Å². The molecule has 3 rings (SSSR count). The average molecular weight is 316 g/mol. The van der Waals surface area contributed by atoms with E-state index in [-0.39, 0.29) is 28.7 Å². The Bertz CT molecular complexity index is 722. The molecule has 2 amide bonds. The first kappa shape index (κ1) is 15.0. The number of aromatic hydroxyl groups is 1. The Hall–Kier alpha value is -2.87.